The Morgan fingerprint density at radius 1 is 1.00 bits per heavy atom. The fourth-order valence-corrected chi connectivity index (χ4v) is 3.44. The molecule has 0 fully saturated rings. The molecule has 0 unspecified atom stereocenters. The van der Waals surface area contributed by atoms with Crippen LogP contribution in [0.25, 0.3) is 39.6 Å². The summed E-state index contributed by atoms with van der Waals surface area (Å²) in [6.07, 6.45) is 2.93. The van der Waals surface area contributed by atoms with Gasteiger partial charge in [0.25, 0.3) is 0 Å². The quantitative estimate of drug-likeness (QED) is 0.408. The van der Waals surface area contributed by atoms with Crippen molar-refractivity contribution in [1.82, 2.24) is 15.1 Å². The van der Waals surface area contributed by atoms with Crippen molar-refractivity contribution in [1.29, 1.82) is 0 Å². The molecule has 0 saturated carbocycles. The Morgan fingerprint density at radius 3 is 2.41 bits per heavy atom. The highest BCUT2D eigenvalue weighted by Crippen LogP contribution is 2.30. The van der Waals surface area contributed by atoms with E-state index < -0.39 is 0 Å². The highest BCUT2D eigenvalue weighted by atomic mass is 15.3. The number of hydrogen-bond donors (Lipinski definition) is 1. The van der Waals surface area contributed by atoms with E-state index in [1.807, 2.05) is 10.8 Å². The van der Waals surface area contributed by atoms with Crippen LogP contribution in [0.15, 0.2) is 86.0 Å². The van der Waals surface area contributed by atoms with Gasteiger partial charge in [0.05, 0.1) is 11.2 Å². The van der Waals surface area contributed by atoms with Crippen LogP contribution in [0, 0.1) is 0 Å². The van der Waals surface area contributed by atoms with E-state index in [0.717, 1.165) is 57.6 Å². The van der Waals surface area contributed by atoms with Gasteiger partial charge in [0.2, 0.25) is 0 Å². The molecule has 0 saturated heterocycles. The lowest BCUT2D eigenvalue weighted by molar-refractivity contribution is 0.825. The standard InChI is InChI=1S/C26H25N3/c1-4-18-27-19(3)21-12-14-22(15-13-21)26-24-8-6-7-9-25(24)29(28-26)23-16-10-20(5-2)11-17-23/h5-17,27H,2-4,18H2,1H3. The van der Waals surface area contributed by atoms with E-state index in [4.69, 9.17) is 5.10 Å². The van der Waals surface area contributed by atoms with Crippen molar-refractivity contribution in [3.63, 3.8) is 0 Å². The fourth-order valence-electron chi connectivity index (χ4n) is 3.44. The number of benzene rings is 3. The second kappa shape index (κ2) is 8.19. The Kier molecular flexibility index (Phi) is 5.30. The molecule has 1 aromatic heterocycles. The lowest BCUT2D eigenvalue weighted by Crippen LogP contribution is -2.11. The third-order valence-corrected chi connectivity index (χ3v) is 5.06. The summed E-state index contributed by atoms with van der Waals surface area (Å²) in [7, 11) is 0. The molecule has 0 amide bonds. The van der Waals surface area contributed by atoms with Crippen LogP contribution in [0.1, 0.15) is 24.5 Å². The van der Waals surface area contributed by atoms with Gasteiger partial charge >= 0.3 is 0 Å². The van der Waals surface area contributed by atoms with Gasteiger partial charge in [-0.1, -0.05) is 80.8 Å². The van der Waals surface area contributed by atoms with E-state index in [2.05, 4.69) is 98.2 Å². The highest BCUT2D eigenvalue weighted by Gasteiger charge is 2.13. The van der Waals surface area contributed by atoms with Crippen LogP contribution < -0.4 is 5.32 Å². The Morgan fingerprint density at radius 2 is 1.72 bits per heavy atom. The van der Waals surface area contributed by atoms with Crippen molar-refractivity contribution in [3.05, 3.63) is 97.1 Å². The van der Waals surface area contributed by atoms with Gasteiger partial charge in [-0.15, -0.1) is 0 Å². The maximum Gasteiger partial charge on any atom is 0.101 e. The predicted octanol–water partition coefficient (Wildman–Crippen LogP) is 6.31. The van der Waals surface area contributed by atoms with Gasteiger partial charge in [-0.2, -0.15) is 5.10 Å². The maximum atomic E-state index is 4.96. The summed E-state index contributed by atoms with van der Waals surface area (Å²) in [6, 6.07) is 25.1. The zero-order chi connectivity index (χ0) is 20.2. The lowest BCUT2D eigenvalue weighted by atomic mass is 10.0. The first-order valence-corrected chi connectivity index (χ1v) is 9.95. The van der Waals surface area contributed by atoms with Crippen LogP contribution in [0.2, 0.25) is 0 Å². The van der Waals surface area contributed by atoms with Crippen molar-refractivity contribution < 1.29 is 0 Å². The summed E-state index contributed by atoms with van der Waals surface area (Å²) in [5.74, 6) is 0. The predicted molar refractivity (Wildman–Crippen MR) is 124 cm³/mol. The summed E-state index contributed by atoms with van der Waals surface area (Å²) in [5, 5.41) is 9.45. The summed E-state index contributed by atoms with van der Waals surface area (Å²) in [6.45, 7) is 11.0. The molecule has 144 valence electrons. The minimum absolute atomic E-state index is 0.931. The number of aromatic nitrogens is 2. The van der Waals surface area contributed by atoms with Crippen molar-refractivity contribution in [2.75, 3.05) is 6.54 Å². The van der Waals surface area contributed by atoms with Crippen molar-refractivity contribution in [3.8, 4) is 16.9 Å². The van der Waals surface area contributed by atoms with Crippen molar-refractivity contribution in [2.24, 2.45) is 0 Å². The first-order valence-electron chi connectivity index (χ1n) is 9.95. The number of fused-ring (bicyclic) bond motifs is 1. The SMILES string of the molecule is C=Cc1ccc(-n2nc(-c3ccc(C(=C)NCCC)cc3)c3ccccc32)cc1. The molecule has 3 aromatic carbocycles. The highest BCUT2D eigenvalue weighted by molar-refractivity contribution is 5.94. The first-order chi connectivity index (χ1) is 14.2. The third kappa shape index (κ3) is 3.72. The van der Waals surface area contributed by atoms with Crippen LogP contribution >= 0.6 is 0 Å². The van der Waals surface area contributed by atoms with E-state index in [1.165, 1.54) is 0 Å². The molecule has 1 N–H and O–H groups in total. The topological polar surface area (TPSA) is 29.9 Å². The molecule has 1 heterocycles. The zero-order valence-corrected chi connectivity index (χ0v) is 16.7. The summed E-state index contributed by atoms with van der Waals surface area (Å²) in [5.41, 5.74) is 7.35. The van der Waals surface area contributed by atoms with Crippen molar-refractivity contribution in [2.45, 2.75) is 13.3 Å². The molecule has 0 aliphatic rings. The van der Waals surface area contributed by atoms with Gasteiger partial charge in [-0.3, -0.25) is 0 Å². The Labute approximate surface area is 172 Å². The fraction of sp³-hybridized carbons (Fsp3) is 0.115. The number of nitrogens with one attached hydrogen (secondary N) is 1. The molecule has 3 heteroatoms. The van der Waals surface area contributed by atoms with E-state index in [1.54, 1.807) is 0 Å². The molecule has 3 nitrogen and oxygen atoms in total. The largest absolute Gasteiger partial charge is 0.385 e. The number of hydrogen-bond acceptors (Lipinski definition) is 2. The minimum Gasteiger partial charge on any atom is -0.385 e. The van der Waals surface area contributed by atoms with E-state index >= 15 is 0 Å². The Hall–Kier alpha value is -3.59. The van der Waals surface area contributed by atoms with Crippen LogP contribution in [0.3, 0.4) is 0 Å². The maximum absolute atomic E-state index is 4.96. The minimum atomic E-state index is 0.931. The average molecular weight is 380 g/mol. The monoisotopic (exact) mass is 379 g/mol. The van der Waals surface area contributed by atoms with Gasteiger partial charge in [-0.05, 0) is 35.7 Å². The molecule has 29 heavy (non-hydrogen) atoms. The lowest BCUT2D eigenvalue weighted by Gasteiger charge is -2.09. The second-order valence-corrected chi connectivity index (χ2v) is 7.06. The molecular weight excluding hydrogens is 354 g/mol. The molecular formula is C26H25N3. The van der Waals surface area contributed by atoms with Crippen LogP contribution in [0.4, 0.5) is 0 Å². The van der Waals surface area contributed by atoms with Gasteiger partial charge < -0.3 is 5.32 Å². The van der Waals surface area contributed by atoms with Crippen LogP contribution in [-0.4, -0.2) is 16.3 Å². The third-order valence-electron chi connectivity index (χ3n) is 5.06. The molecule has 0 radical (unpaired) electrons. The first kappa shape index (κ1) is 18.8. The van der Waals surface area contributed by atoms with Gasteiger partial charge in [0, 0.05) is 23.2 Å². The van der Waals surface area contributed by atoms with Gasteiger partial charge in [0.1, 0.15) is 5.69 Å². The molecule has 4 aromatic rings. The molecule has 0 aliphatic carbocycles. The van der Waals surface area contributed by atoms with Crippen LogP contribution in [-0.2, 0) is 0 Å². The smallest absolute Gasteiger partial charge is 0.101 e. The Bertz CT molecular complexity index is 1150. The van der Waals surface area contributed by atoms with E-state index in [0.29, 0.717) is 0 Å². The average Bonchev–Trinajstić information content (AvgIpc) is 3.17. The van der Waals surface area contributed by atoms with Crippen molar-refractivity contribution >= 4 is 22.7 Å². The molecule has 0 spiro atoms. The van der Waals surface area contributed by atoms with E-state index in [9.17, 15) is 0 Å². The summed E-state index contributed by atoms with van der Waals surface area (Å²) >= 11 is 0. The zero-order valence-electron chi connectivity index (χ0n) is 16.7. The second-order valence-electron chi connectivity index (χ2n) is 7.06. The molecule has 0 atom stereocenters. The van der Waals surface area contributed by atoms with E-state index in [-0.39, 0.29) is 0 Å². The summed E-state index contributed by atoms with van der Waals surface area (Å²) in [4.78, 5) is 0. The summed E-state index contributed by atoms with van der Waals surface area (Å²) < 4.78 is 2.01. The molecule has 4 rings (SSSR count). The normalized spacial score (nSPS) is 10.8. The number of nitrogens with zero attached hydrogens (tertiary/aromatic N) is 2. The van der Waals surface area contributed by atoms with Gasteiger partial charge in [-0.25, -0.2) is 4.68 Å². The van der Waals surface area contributed by atoms with Crippen LogP contribution in [0.5, 0.6) is 0 Å². The number of para-hydroxylation sites is 1. The molecule has 0 bridgehead atoms. The Balaban J connectivity index is 1.74. The number of rotatable bonds is 7. The molecule has 0 aliphatic heterocycles. The van der Waals surface area contributed by atoms with Gasteiger partial charge in [0.15, 0.2) is 0 Å².